The molecule has 0 fully saturated rings. The van der Waals surface area contributed by atoms with Crippen LogP contribution >= 0.6 is 0 Å². The molecule has 0 bridgehead atoms. The number of hydrogen-bond donors (Lipinski definition) is 0. The van der Waals surface area contributed by atoms with E-state index in [4.69, 9.17) is 0 Å². The Morgan fingerprint density at radius 1 is 0.273 bits per heavy atom. The smallest absolute Gasteiger partial charge is 0.0618 e. The second kappa shape index (κ2) is 15.5. The number of rotatable bonds is 8. The molecule has 0 amide bonds. The lowest BCUT2D eigenvalue weighted by atomic mass is 9.90. The Hall–Kier alpha value is -8.72. The van der Waals surface area contributed by atoms with Gasteiger partial charge in [-0.1, -0.05) is 218 Å². The molecule has 2 heteroatoms. The molecule has 0 aliphatic rings. The normalized spacial score (nSPS) is 11.6. The third-order valence-corrected chi connectivity index (χ3v) is 13.6. The SMILES string of the molecule is c1ccc(-c2ccccc2-c2ccc(N(c3c(-c4ccccc4)cccc3-c3ccccc3)c3ccc4ccc5c(-n6c7ccccc7c7ccccc76)ccc6ccc3c4c65)cc2)cc1. The first-order valence-corrected chi connectivity index (χ1v) is 22.8. The van der Waals surface area contributed by atoms with Gasteiger partial charge in [-0.15, -0.1) is 0 Å². The van der Waals surface area contributed by atoms with E-state index in [1.165, 1.54) is 82.1 Å². The molecular formula is C64H42N2. The standard InChI is InChI=1S/C64H42N2/c1-4-17-43(18-5-1)50-23-10-11-24-51(50)46-31-37-49(38-32-46)65(64-52(44-19-6-2-7-20-44)27-16-28-53(64)45-21-8-3-9-22-45)60-41-35-47-34-40-57-61(42-36-48-33-39-56(60)62(47)63(48)57)66-58-29-14-12-25-54(58)55-26-13-15-30-59(55)66/h1-42H. The zero-order valence-electron chi connectivity index (χ0n) is 36.1. The Bertz CT molecular complexity index is 3790. The van der Waals surface area contributed by atoms with Gasteiger partial charge < -0.3 is 9.47 Å². The van der Waals surface area contributed by atoms with E-state index < -0.39 is 0 Å². The molecule has 0 spiro atoms. The van der Waals surface area contributed by atoms with Crippen LogP contribution in [0.3, 0.4) is 0 Å². The number of benzene rings is 12. The van der Waals surface area contributed by atoms with Crippen LogP contribution in [0.5, 0.6) is 0 Å². The molecule has 0 atom stereocenters. The average Bonchev–Trinajstić information content (AvgIpc) is 3.73. The molecule has 0 radical (unpaired) electrons. The Kier molecular flexibility index (Phi) is 8.89. The fourth-order valence-corrected chi connectivity index (χ4v) is 10.6. The van der Waals surface area contributed by atoms with Gasteiger partial charge in [-0.2, -0.15) is 0 Å². The summed E-state index contributed by atoms with van der Waals surface area (Å²) in [5.41, 5.74) is 16.4. The van der Waals surface area contributed by atoms with Crippen LogP contribution in [0, 0.1) is 0 Å². The highest BCUT2D eigenvalue weighted by Gasteiger charge is 2.25. The molecule has 0 unspecified atom stereocenters. The van der Waals surface area contributed by atoms with Crippen molar-refractivity contribution < 1.29 is 0 Å². The highest BCUT2D eigenvalue weighted by molar-refractivity contribution is 6.28. The van der Waals surface area contributed by atoms with Crippen LogP contribution < -0.4 is 4.90 Å². The quantitative estimate of drug-likeness (QED) is 0.138. The summed E-state index contributed by atoms with van der Waals surface area (Å²) in [7, 11) is 0. The lowest BCUT2D eigenvalue weighted by Gasteiger charge is -2.32. The summed E-state index contributed by atoms with van der Waals surface area (Å²) in [5, 5.41) is 9.95. The Morgan fingerprint density at radius 2 is 0.697 bits per heavy atom. The second-order valence-corrected chi connectivity index (χ2v) is 17.2. The first-order valence-electron chi connectivity index (χ1n) is 22.8. The molecule has 1 aromatic heterocycles. The predicted molar refractivity (Wildman–Crippen MR) is 281 cm³/mol. The van der Waals surface area contributed by atoms with Crippen molar-refractivity contribution >= 4 is 71.2 Å². The summed E-state index contributed by atoms with van der Waals surface area (Å²) in [6, 6.07) is 93.3. The van der Waals surface area contributed by atoms with Crippen molar-refractivity contribution in [3.8, 4) is 50.2 Å². The first kappa shape index (κ1) is 37.8. The highest BCUT2D eigenvalue weighted by Crippen LogP contribution is 2.51. The van der Waals surface area contributed by atoms with E-state index in [1.54, 1.807) is 0 Å². The number of nitrogens with zero attached hydrogens (tertiary/aromatic N) is 2. The minimum Gasteiger partial charge on any atom is -0.309 e. The van der Waals surface area contributed by atoms with Crippen LogP contribution in [-0.4, -0.2) is 4.57 Å². The molecule has 0 aliphatic carbocycles. The van der Waals surface area contributed by atoms with Crippen LogP contribution in [0.15, 0.2) is 255 Å². The van der Waals surface area contributed by atoms with Crippen molar-refractivity contribution in [3.63, 3.8) is 0 Å². The van der Waals surface area contributed by atoms with E-state index in [0.717, 1.165) is 39.3 Å². The van der Waals surface area contributed by atoms with E-state index in [1.807, 2.05) is 0 Å². The molecule has 0 aliphatic heterocycles. The first-order chi connectivity index (χ1) is 32.8. The summed E-state index contributed by atoms with van der Waals surface area (Å²) in [4.78, 5) is 2.53. The van der Waals surface area contributed by atoms with Gasteiger partial charge in [0, 0.05) is 38.4 Å². The third-order valence-electron chi connectivity index (χ3n) is 13.6. The van der Waals surface area contributed by atoms with Crippen LogP contribution in [0.4, 0.5) is 17.1 Å². The Balaban J connectivity index is 1.09. The van der Waals surface area contributed by atoms with Gasteiger partial charge in [0.15, 0.2) is 0 Å². The number of fused-ring (bicyclic) bond motifs is 3. The van der Waals surface area contributed by atoms with Crippen LogP contribution in [0.25, 0.3) is 104 Å². The van der Waals surface area contributed by atoms with Crippen LogP contribution in [-0.2, 0) is 0 Å². The summed E-state index contributed by atoms with van der Waals surface area (Å²) >= 11 is 0. The molecule has 13 rings (SSSR count). The summed E-state index contributed by atoms with van der Waals surface area (Å²) in [6.07, 6.45) is 0. The average molecular weight is 839 g/mol. The van der Waals surface area contributed by atoms with E-state index >= 15 is 0 Å². The monoisotopic (exact) mass is 838 g/mol. The van der Waals surface area contributed by atoms with Gasteiger partial charge >= 0.3 is 0 Å². The molecule has 66 heavy (non-hydrogen) atoms. The zero-order chi connectivity index (χ0) is 43.6. The van der Waals surface area contributed by atoms with Crippen molar-refractivity contribution in [2.75, 3.05) is 4.90 Å². The number of hydrogen-bond acceptors (Lipinski definition) is 1. The van der Waals surface area contributed by atoms with Gasteiger partial charge in [-0.05, 0) is 91.3 Å². The van der Waals surface area contributed by atoms with Crippen molar-refractivity contribution in [2.45, 2.75) is 0 Å². The lowest BCUT2D eigenvalue weighted by molar-refractivity contribution is 1.20. The summed E-state index contributed by atoms with van der Waals surface area (Å²) < 4.78 is 2.46. The molecule has 2 nitrogen and oxygen atoms in total. The van der Waals surface area contributed by atoms with Crippen molar-refractivity contribution in [2.24, 2.45) is 0 Å². The molecule has 0 saturated carbocycles. The van der Waals surface area contributed by atoms with E-state index in [-0.39, 0.29) is 0 Å². The molecule has 308 valence electrons. The summed E-state index contributed by atoms with van der Waals surface area (Å²) in [6.45, 7) is 0. The Labute approximate surface area is 383 Å². The fraction of sp³-hybridized carbons (Fsp3) is 0. The van der Waals surface area contributed by atoms with E-state index in [2.05, 4.69) is 264 Å². The van der Waals surface area contributed by atoms with Gasteiger partial charge in [-0.3, -0.25) is 0 Å². The molecule has 0 N–H and O–H groups in total. The van der Waals surface area contributed by atoms with Gasteiger partial charge in [0.05, 0.1) is 28.1 Å². The van der Waals surface area contributed by atoms with Crippen LogP contribution in [0.1, 0.15) is 0 Å². The third kappa shape index (κ3) is 6.04. The van der Waals surface area contributed by atoms with Gasteiger partial charge in [0.2, 0.25) is 0 Å². The molecular weight excluding hydrogens is 797 g/mol. The molecule has 13 aromatic rings. The van der Waals surface area contributed by atoms with Crippen molar-refractivity contribution in [1.82, 2.24) is 4.57 Å². The van der Waals surface area contributed by atoms with Gasteiger partial charge in [0.25, 0.3) is 0 Å². The largest absolute Gasteiger partial charge is 0.309 e. The van der Waals surface area contributed by atoms with Crippen molar-refractivity contribution in [1.29, 1.82) is 0 Å². The minimum atomic E-state index is 1.08. The van der Waals surface area contributed by atoms with E-state index in [0.29, 0.717) is 0 Å². The predicted octanol–water partition coefficient (Wildman–Crippen LogP) is 17.8. The second-order valence-electron chi connectivity index (χ2n) is 17.2. The maximum Gasteiger partial charge on any atom is 0.0618 e. The van der Waals surface area contributed by atoms with Crippen molar-refractivity contribution in [3.05, 3.63) is 255 Å². The topological polar surface area (TPSA) is 8.17 Å². The van der Waals surface area contributed by atoms with Gasteiger partial charge in [0.1, 0.15) is 0 Å². The zero-order valence-corrected chi connectivity index (χ0v) is 36.1. The molecule has 1 heterocycles. The molecule has 0 saturated heterocycles. The lowest BCUT2D eigenvalue weighted by Crippen LogP contribution is -2.13. The fourth-order valence-electron chi connectivity index (χ4n) is 10.6. The maximum atomic E-state index is 2.53. The van der Waals surface area contributed by atoms with Gasteiger partial charge in [-0.25, -0.2) is 0 Å². The highest BCUT2D eigenvalue weighted by atomic mass is 15.1. The minimum absolute atomic E-state index is 1.08. The summed E-state index contributed by atoms with van der Waals surface area (Å²) in [5.74, 6) is 0. The van der Waals surface area contributed by atoms with E-state index in [9.17, 15) is 0 Å². The number of aromatic nitrogens is 1. The number of para-hydroxylation sites is 3. The van der Waals surface area contributed by atoms with Crippen LogP contribution in [0.2, 0.25) is 0 Å². The Morgan fingerprint density at radius 3 is 1.27 bits per heavy atom. The maximum absolute atomic E-state index is 2.53. The molecule has 12 aromatic carbocycles. The number of anilines is 3.